The van der Waals surface area contributed by atoms with Gasteiger partial charge in [0, 0.05) is 4.88 Å². The number of thiophene rings is 1. The summed E-state index contributed by atoms with van der Waals surface area (Å²) in [6.07, 6.45) is 3.25. The van der Waals surface area contributed by atoms with Gasteiger partial charge in [-0.3, -0.25) is 14.5 Å². The number of benzene rings is 2. The van der Waals surface area contributed by atoms with Crippen LogP contribution in [0, 0.1) is 5.82 Å². The molecule has 4 amide bonds. The molecule has 0 bridgehead atoms. The molecule has 0 radical (unpaired) electrons. The van der Waals surface area contributed by atoms with Crippen molar-refractivity contribution in [2.24, 2.45) is 0 Å². The van der Waals surface area contributed by atoms with Crippen LogP contribution in [0.1, 0.15) is 54.3 Å². The van der Waals surface area contributed by atoms with Gasteiger partial charge in [-0.05, 0) is 60.0 Å². The van der Waals surface area contributed by atoms with E-state index in [0.29, 0.717) is 5.56 Å². The third-order valence-corrected chi connectivity index (χ3v) is 7.20. The zero-order valence-corrected chi connectivity index (χ0v) is 20.5. The van der Waals surface area contributed by atoms with Gasteiger partial charge in [0.1, 0.15) is 17.9 Å². The summed E-state index contributed by atoms with van der Waals surface area (Å²) in [5.41, 5.74) is 1.24. The van der Waals surface area contributed by atoms with Crippen LogP contribution in [-0.4, -0.2) is 29.3 Å². The van der Waals surface area contributed by atoms with Gasteiger partial charge in [0.15, 0.2) is 0 Å². The maximum absolute atomic E-state index is 13.3. The van der Waals surface area contributed by atoms with Gasteiger partial charge in [0.05, 0.1) is 6.04 Å². The Morgan fingerprint density at radius 3 is 2.46 bits per heavy atom. The van der Waals surface area contributed by atoms with E-state index < -0.39 is 41.8 Å². The quantitative estimate of drug-likeness (QED) is 0.416. The molecule has 8 heteroatoms. The molecular weight excluding hydrogens is 465 g/mol. The van der Waals surface area contributed by atoms with Crippen LogP contribution in [0.2, 0.25) is 0 Å². The number of hydrogen-bond donors (Lipinski definition) is 2. The summed E-state index contributed by atoms with van der Waals surface area (Å²) < 4.78 is 13.3. The molecular formula is C27H28FN3O3S. The molecule has 4 rings (SSSR count). The SMILES string of the molecule is CCCCc1ccc(C(NC(=O)CN2C(=O)NC(C)(c3ccc(F)cc3)C2=O)c2cccs2)cc1. The van der Waals surface area contributed by atoms with Gasteiger partial charge in [0.2, 0.25) is 5.91 Å². The summed E-state index contributed by atoms with van der Waals surface area (Å²) in [6, 6.07) is 16.3. The fourth-order valence-electron chi connectivity index (χ4n) is 4.20. The Hall–Kier alpha value is -3.52. The number of halogens is 1. The minimum Gasteiger partial charge on any atom is -0.343 e. The van der Waals surface area contributed by atoms with Crippen LogP contribution in [0.4, 0.5) is 9.18 Å². The molecule has 35 heavy (non-hydrogen) atoms. The van der Waals surface area contributed by atoms with Gasteiger partial charge >= 0.3 is 6.03 Å². The first-order valence-electron chi connectivity index (χ1n) is 11.6. The fourth-order valence-corrected chi connectivity index (χ4v) is 5.00. The van der Waals surface area contributed by atoms with Crippen molar-refractivity contribution in [1.29, 1.82) is 0 Å². The van der Waals surface area contributed by atoms with Crippen LogP contribution in [0.15, 0.2) is 66.0 Å². The average molecular weight is 494 g/mol. The Labute approximate surface area is 208 Å². The molecule has 1 saturated heterocycles. The molecule has 182 valence electrons. The van der Waals surface area contributed by atoms with E-state index in [1.807, 2.05) is 29.6 Å². The van der Waals surface area contributed by atoms with E-state index in [1.165, 1.54) is 41.2 Å². The molecule has 1 fully saturated rings. The highest BCUT2D eigenvalue weighted by Gasteiger charge is 2.49. The maximum Gasteiger partial charge on any atom is 0.325 e. The normalized spacial score (nSPS) is 18.4. The van der Waals surface area contributed by atoms with Crippen molar-refractivity contribution in [3.05, 3.63) is 93.4 Å². The molecule has 2 aromatic carbocycles. The second-order valence-corrected chi connectivity index (χ2v) is 9.79. The molecule has 0 saturated carbocycles. The highest BCUT2D eigenvalue weighted by Crippen LogP contribution is 2.30. The molecule has 2 atom stereocenters. The molecule has 0 spiro atoms. The fraction of sp³-hybridized carbons (Fsp3) is 0.296. The zero-order valence-electron chi connectivity index (χ0n) is 19.7. The Bertz CT molecular complexity index is 1200. The second-order valence-electron chi connectivity index (χ2n) is 8.81. The number of hydrogen-bond acceptors (Lipinski definition) is 4. The van der Waals surface area contributed by atoms with Crippen LogP contribution >= 0.6 is 11.3 Å². The monoisotopic (exact) mass is 493 g/mol. The molecule has 3 aromatic rings. The number of aryl methyl sites for hydroxylation is 1. The zero-order chi connectivity index (χ0) is 25.0. The van der Waals surface area contributed by atoms with E-state index in [2.05, 4.69) is 29.7 Å². The van der Waals surface area contributed by atoms with Crippen molar-refractivity contribution in [3.8, 4) is 0 Å². The minimum atomic E-state index is -1.37. The number of amides is 4. The van der Waals surface area contributed by atoms with E-state index in [9.17, 15) is 18.8 Å². The molecule has 1 aromatic heterocycles. The van der Waals surface area contributed by atoms with Crippen LogP contribution in [0.25, 0.3) is 0 Å². The molecule has 2 heterocycles. The molecule has 2 N–H and O–H groups in total. The number of nitrogens with zero attached hydrogens (tertiary/aromatic N) is 1. The molecule has 1 aliphatic heterocycles. The number of imide groups is 1. The Morgan fingerprint density at radius 1 is 1.11 bits per heavy atom. The van der Waals surface area contributed by atoms with E-state index in [1.54, 1.807) is 6.92 Å². The number of nitrogens with one attached hydrogen (secondary N) is 2. The number of unbranched alkanes of at least 4 members (excludes halogenated alkanes) is 1. The van der Waals surface area contributed by atoms with Crippen LogP contribution in [-0.2, 0) is 21.5 Å². The predicted octanol–water partition coefficient (Wildman–Crippen LogP) is 4.90. The van der Waals surface area contributed by atoms with Crippen molar-refractivity contribution >= 4 is 29.2 Å². The minimum absolute atomic E-state index is 0.396. The molecule has 0 aliphatic carbocycles. The highest BCUT2D eigenvalue weighted by molar-refractivity contribution is 7.10. The highest BCUT2D eigenvalue weighted by atomic mass is 32.1. The third-order valence-electron chi connectivity index (χ3n) is 6.26. The second kappa shape index (κ2) is 10.4. The third kappa shape index (κ3) is 5.27. The largest absolute Gasteiger partial charge is 0.343 e. The molecule has 6 nitrogen and oxygen atoms in total. The maximum atomic E-state index is 13.3. The van der Waals surface area contributed by atoms with Crippen molar-refractivity contribution in [1.82, 2.24) is 15.5 Å². The number of rotatable bonds is 9. The first-order valence-corrected chi connectivity index (χ1v) is 12.5. The Kier molecular flexibility index (Phi) is 7.31. The first kappa shape index (κ1) is 24.6. The topological polar surface area (TPSA) is 78.5 Å². The van der Waals surface area contributed by atoms with Gasteiger partial charge in [-0.2, -0.15) is 0 Å². The van der Waals surface area contributed by atoms with Gasteiger partial charge in [-0.1, -0.05) is 55.8 Å². The van der Waals surface area contributed by atoms with Gasteiger partial charge in [0.25, 0.3) is 5.91 Å². The lowest BCUT2D eigenvalue weighted by molar-refractivity contribution is -0.135. The van der Waals surface area contributed by atoms with Gasteiger partial charge in [-0.25, -0.2) is 9.18 Å². The smallest absolute Gasteiger partial charge is 0.325 e. The summed E-state index contributed by atoms with van der Waals surface area (Å²) in [7, 11) is 0. The van der Waals surface area contributed by atoms with Gasteiger partial charge < -0.3 is 10.6 Å². The Morgan fingerprint density at radius 2 is 1.83 bits per heavy atom. The molecule has 1 aliphatic rings. The van der Waals surface area contributed by atoms with Crippen molar-refractivity contribution in [2.75, 3.05) is 6.54 Å². The molecule has 2 unspecified atom stereocenters. The van der Waals surface area contributed by atoms with Gasteiger partial charge in [-0.15, -0.1) is 11.3 Å². The van der Waals surface area contributed by atoms with Crippen LogP contribution in [0.5, 0.6) is 0 Å². The summed E-state index contributed by atoms with van der Waals surface area (Å²) in [5, 5.41) is 7.57. The Balaban J connectivity index is 1.49. The van der Waals surface area contributed by atoms with E-state index in [0.717, 1.165) is 34.6 Å². The average Bonchev–Trinajstić information content (AvgIpc) is 3.46. The van der Waals surface area contributed by atoms with Crippen LogP contribution in [0.3, 0.4) is 0 Å². The number of urea groups is 1. The summed E-state index contributed by atoms with van der Waals surface area (Å²) >= 11 is 1.52. The lowest BCUT2D eigenvalue weighted by Gasteiger charge is -2.23. The van der Waals surface area contributed by atoms with Crippen molar-refractivity contribution in [2.45, 2.75) is 44.7 Å². The summed E-state index contributed by atoms with van der Waals surface area (Å²) in [5.74, 6) is -1.45. The van der Waals surface area contributed by atoms with E-state index >= 15 is 0 Å². The van der Waals surface area contributed by atoms with Crippen LogP contribution < -0.4 is 10.6 Å². The lowest BCUT2D eigenvalue weighted by Crippen LogP contribution is -2.44. The summed E-state index contributed by atoms with van der Waals surface area (Å²) in [4.78, 5) is 40.7. The number of carbonyl (C=O) groups is 3. The predicted molar refractivity (Wildman–Crippen MR) is 133 cm³/mol. The first-order chi connectivity index (χ1) is 16.8. The standard InChI is InChI=1S/C27H28FN3O3S/c1-3-4-6-18-8-10-19(11-9-18)24(22-7-5-16-35-22)29-23(32)17-31-25(33)27(2,30-26(31)34)20-12-14-21(28)15-13-20/h5,7-16,24H,3-4,6,17H2,1-2H3,(H,29,32)(H,30,34). The summed E-state index contributed by atoms with van der Waals surface area (Å²) in [6.45, 7) is 3.29. The van der Waals surface area contributed by atoms with Crippen molar-refractivity contribution < 1.29 is 18.8 Å². The lowest BCUT2D eigenvalue weighted by atomic mass is 9.92. The van der Waals surface area contributed by atoms with Crippen molar-refractivity contribution in [3.63, 3.8) is 0 Å². The van der Waals surface area contributed by atoms with E-state index in [-0.39, 0.29) is 0 Å². The number of carbonyl (C=O) groups excluding carboxylic acids is 3. The van der Waals surface area contributed by atoms with E-state index in [4.69, 9.17) is 0 Å².